The summed E-state index contributed by atoms with van der Waals surface area (Å²) in [6.07, 6.45) is 3.15. The highest BCUT2D eigenvalue weighted by molar-refractivity contribution is 6.30. The van der Waals surface area contributed by atoms with E-state index in [2.05, 4.69) is 13.3 Å². The van der Waals surface area contributed by atoms with Gasteiger partial charge in [0.25, 0.3) is 0 Å². The smallest absolute Gasteiger partial charge is 0.0406 e. The molecule has 1 rings (SSSR count). The zero-order valence-electron chi connectivity index (χ0n) is 5.97. The molecule has 0 aromatic heterocycles. The van der Waals surface area contributed by atoms with E-state index in [9.17, 15) is 0 Å². The van der Waals surface area contributed by atoms with Crippen molar-refractivity contribution < 1.29 is 0 Å². The number of halogens is 1. The summed E-state index contributed by atoms with van der Waals surface area (Å²) in [7, 11) is 0. The normalized spacial score (nSPS) is 9.80. The lowest BCUT2D eigenvalue weighted by molar-refractivity contribution is 1.14. The third-order valence-corrected chi connectivity index (χ3v) is 1.61. The van der Waals surface area contributed by atoms with Gasteiger partial charge in [-0.3, -0.25) is 0 Å². The average molecular weight is 154 g/mol. The summed E-state index contributed by atoms with van der Waals surface area (Å²) in [6.45, 7) is 2.05. The summed E-state index contributed by atoms with van der Waals surface area (Å²) in [5.74, 6) is 0. The second kappa shape index (κ2) is 3.62. The van der Waals surface area contributed by atoms with Gasteiger partial charge in [0, 0.05) is 5.02 Å². The number of hydrogen-bond donors (Lipinski definition) is 0. The van der Waals surface area contributed by atoms with Gasteiger partial charge in [-0.15, -0.1) is 0 Å². The molecule has 0 saturated carbocycles. The predicted octanol–water partition coefficient (Wildman–Crippen LogP) is 3.11. The minimum atomic E-state index is 0.805. The molecule has 0 amide bonds. The Morgan fingerprint density at radius 2 is 1.90 bits per heavy atom. The first-order valence-electron chi connectivity index (χ1n) is 3.35. The summed E-state index contributed by atoms with van der Waals surface area (Å²) in [5, 5.41) is 0.805. The van der Waals surface area contributed by atoms with Crippen molar-refractivity contribution in [1.29, 1.82) is 0 Å². The minimum absolute atomic E-state index is 0.805. The van der Waals surface area contributed by atoms with Crippen LogP contribution in [0.15, 0.2) is 24.3 Å². The van der Waals surface area contributed by atoms with Gasteiger partial charge in [0.1, 0.15) is 0 Å². The molecule has 0 saturated heterocycles. The van der Waals surface area contributed by atoms with Crippen LogP contribution in [0.4, 0.5) is 0 Å². The van der Waals surface area contributed by atoms with E-state index >= 15 is 0 Å². The van der Waals surface area contributed by atoms with Crippen molar-refractivity contribution in [2.45, 2.75) is 13.3 Å². The first-order chi connectivity index (χ1) is 4.83. The molecule has 1 heteroatoms. The summed E-state index contributed by atoms with van der Waals surface area (Å²) in [4.78, 5) is 0. The van der Waals surface area contributed by atoms with E-state index in [1.807, 2.05) is 24.3 Å². The van der Waals surface area contributed by atoms with E-state index in [1.165, 1.54) is 5.56 Å². The van der Waals surface area contributed by atoms with Gasteiger partial charge < -0.3 is 0 Å². The van der Waals surface area contributed by atoms with Crippen LogP contribution < -0.4 is 0 Å². The quantitative estimate of drug-likeness (QED) is 0.613. The van der Waals surface area contributed by atoms with Crippen molar-refractivity contribution >= 4 is 11.6 Å². The molecule has 0 bridgehead atoms. The van der Waals surface area contributed by atoms with Crippen molar-refractivity contribution in [3.8, 4) is 0 Å². The zero-order valence-corrected chi connectivity index (χ0v) is 6.73. The third-order valence-electron chi connectivity index (χ3n) is 1.35. The van der Waals surface area contributed by atoms with Gasteiger partial charge >= 0.3 is 0 Å². The molecule has 0 aliphatic heterocycles. The SMILES string of the molecule is C[CH]Cc1ccc(Cl)cc1. The van der Waals surface area contributed by atoms with Crippen LogP contribution in [0, 0.1) is 6.42 Å². The van der Waals surface area contributed by atoms with Gasteiger partial charge in [-0.2, -0.15) is 0 Å². The van der Waals surface area contributed by atoms with Crippen molar-refractivity contribution in [1.82, 2.24) is 0 Å². The topological polar surface area (TPSA) is 0 Å². The molecule has 1 radical (unpaired) electrons. The first-order valence-corrected chi connectivity index (χ1v) is 3.73. The number of benzene rings is 1. The predicted molar refractivity (Wildman–Crippen MR) is 45.1 cm³/mol. The van der Waals surface area contributed by atoms with E-state index < -0.39 is 0 Å². The molecule has 10 heavy (non-hydrogen) atoms. The molecule has 0 unspecified atom stereocenters. The van der Waals surface area contributed by atoms with Crippen molar-refractivity contribution in [2.24, 2.45) is 0 Å². The van der Waals surface area contributed by atoms with Crippen LogP contribution in [-0.4, -0.2) is 0 Å². The average Bonchev–Trinajstić information content (AvgIpc) is 1.95. The monoisotopic (exact) mass is 153 g/mol. The lowest BCUT2D eigenvalue weighted by Gasteiger charge is -1.95. The Morgan fingerprint density at radius 3 is 2.40 bits per heavy atom. The van der Waals surface area contributed by atoms with Gasteiger partial charge in [0.2, 0.25) is 0 Å². The minimum Gasteiger partial charge on any atom is -0.0843 e. The Kier molecular flexibility index (Phi) is 2.76. The van der Waals surface area contributed by atoms with E-state index in [0.717, 1.165) is 11.4 Å². The van der Waals surface area contributed by atoms with Crippen LogP contribution in [0.1, 0.15) is 12.5 Å². The highest BCUT2D eigenvalue weighted by Crippen LogP contribution is 2.10. The Bertz CT molecular complexity index is 188. The fourth-order valence-corrected chi connectivity index (χ4v) is 0.982. The number of hydrogen-bond acceptors (Lipinski definition) is 0. The maximum absolute atomic E-state index is 5.70. The lowest BCUT2D eigenvalue weighted by atomic mass is 10.1. The molecular weight excluding hydrogens is 144 g/mol. The van der Waals surface area contributed by atoms with Crippen molar-refractivity contribution in [3.63, 3.8) is 0 Å². The molecule has 1 aromatic carbocycles. The molecular formula is C9H10Cl. The lowest BCUT2D eigenvalue weighted by Crippen LogP contribution is -1.80. The van der Waals surface area contributed by atoms with Crippen LogP contribution in [0.2, 0.25) is 5.02 Å². The number of rotatable bonds is 2. The molecule has 1 aromatic rings. The van der Waals surface area contributed by atoms with Crippen LogP contribution in [0.5, 0.6) is 0 Å². The Hall–Kier alpha value is -0.490. The Balaban J connectivity index is 2.69. The maximum atomic E-state index is 5.70. The van der Waals surface area contributed by atoms with E-state index in [4.69, 9.17) is 11.6 Å². The third kappa shape index (κ3) is 2.03. The highest BCUT2D eigenvalue weighted by atomic mass is 35.5. The standard InChI is InChI=1S/C9H10Cl/c1-2-3-8-4-6-9(10)7-5-8/h2,4-7H,3H2,1H3. The molecule has 53 valence electrons. The van der Waals surface area contributed by atoms with Crippen LogP contribution >= 0.6 is 11.6 Å². The summed E-state index contributed by atoms with van der Waals surface area (Å²) < 4.78 is 0. The Labute approximate surface area is 66.8 Å². The fourth-order valence-electron chi connectivity index (χ4n) is 0.856. The van der Waals surface area contributed by atoms with Gasteiger partial charge in [-0.1, -0.05) is 30.7 Å². The maximum Gasteiger partial charge on any atom is 0.0406 e. The van der Waals surface area contributed by atoms with Crippen LogP contribution in [-0.2, 0) is 6.42 Å². The molecule has 0 atom stereocenters. The Morgan fingerprint density at radius 1 is 1.30 bits per heavy atom. The molecule has 0 nitrogen and oxygen atoms in total. The van der Waals surface area contributed by atoms with Gasteiger partial charge in [-0.25, -0.2) is 0 Å². The summed E-state index contributed by atoms with van der Waals surface area (Å²) in [6, 6.07) is 7.92. The van der Waals surface area contributed by atoms with Crippen LogP contribution in [0.3, 0.4) is 0 Å². The largest absolute Gasteiger partial charge is 0.0843 e. The molecule has 0 N–H and O–H groups in total. The van der Waals surface area contributed by atoms with E-state index in [-0.39, 0.29) is 0 Å². The summed E-state index contributed by atoms with van der Waals surface area (Å²) >= 11 is 5.70. The van der Waals surface area contributed by atoms with Crippen LogP contribution in [0.25, 0.3) is 0 Å². The van der Waals surface area contributed by atoms with E-state index in [1.54, 1.807) is 0 Å². The van der Waals surface area contributed by atoms with Gasteiger partial charge in [-0.05, 0) is 30.5 Å². The molecule has 0 aliphatic carbocycles. The summed E-state index contributed by atoms with van der Waals surface area (Å²) in [5.41, 5.74) is 1.31. The molecule has 0 aliphatic rings. The fraction of sp³-hybridized carbons (Fsp3) is 0.222. The second-order valence-corrected chi connectivity index (χ2v) is 2.68. The zero-order chi connectivity index (χ0) is 7.40. The van der Waals surface area contributed by atoms with E-state index in [0.29, 0.717) is 0 Å². The van der Waals surface area contributed by atoms with Crippen molar-refractivity contribution in [2.75, 3.05) is 0 Å². The van der Waals surface area contributed by atoms with Crippen molar-refractivity contribution in [3.05, 3.63) is 41.3 Å². The highest BCUT2D eigenvalue weighted by Gasteiger charge is 1.89. The first kappa shape index (κ1) is 7.62. The second-order valence-electron chi connectivity index (χ2n) is 2.24. The van der Waals surface area contributed by atoms with Gasteiger partial charge in [0.05, 0.1) is 0 Å². The molecule has 0 spiro atoms. The van der Waals surface area contributed by atoms with Gasteiger partial charge in [0.15, 0.2) is 0 Å². The molecule has 0 fully saturated rings. The molecule has 0 heterocycles.